The standard InChI is InChI=1S/C18H22N6O2/c1-2-20-18(25)22-17-9-15(13-26-17)12-23-5-7-24(8-6-23)16-4-3-14(10-19)11-21-16/h3-4,9,11,13H,2,5-8,12H2,1H3,(H2,20,22,25). The maximum atomic E-state index is 11.5. The highest BCUT2D eigenvalue weighted by Crippen LogP contribution is 2.18. The van der Waals surface area contributed by atoms with Gasteiger partial charge in [-0.15, -0.1) is 0 Å². The quantitative estimate of drug-likeness (QED) is 0.852. The summed E-state index contributed by atoms with van der Waals surface area (Å²) in [7, 11) is 0. The van der Waals surface area contributed by atoms with Crippen LogP contribution in [-0.4, -0.2) is 48.6 Å². The second-order valence-corrected chi connectivity index (χ2v) is 6.08. The number of hydrogen-bond donors (Lipinski definition) is 2. The second-order valence-electron chi connectivity index (χ2n) is 6.08. The normalized spacial score (nSPS) is 14.7. The Morgan fingerprint density at radius 3 is 2.81 bits per heavy atom. The molecule has 0 spiro atoms. The number of hydrogen-bond acceptors (Lipinski definition) is 6. The van der Waals surface area contributed by atoms with Crippen LogP contribution in [-0.2, 0) is 6.54 Å². The lowest BCUT2D eigenvalue weighted by atomic mass is 10.2. The monoisotopic (exact) mass is 354 g/mol. The molecule has 1 saturated heterocycles. The molecule has 2 aromatic heterocycles. The second kappa shape index (κ2) is 8.36. The molecule has 3 rings (SSSR count). The Morgan fingerprint density at radius 1 is 1.35 bits per heavy atom. The fourth-order valence-corrected chi connectivity index (χ4v) is 2.87. The van der Waals surface area contributed by atoms with Crippen LogP contribution in [0, 0.1) is 11.3 Å². The minimum atomic E-state index is -0.267. The summed E-state index contributed by atoms with van der Waals surface area (Å²) in [5.41, 5.74) is 1.60. The van der Waals surface area contributed by atoms with Crippen molar-refractivity contribution in [3.63, 3.8) is 0 Å². The van der Waals surface area contributed by atoms with Crippen molar-refractivity contribution >= 4 is 17.7 Å². The molecule has 1 fully saturated rings. The van der Waals surface area contributed by atoms with E-state index in [9.17, 15) is 4.79 Å². The van der Waals surface area contributed by atoms with Crippen molar-refractivity contribution in [2.45, 2.75) is 13.5 Å². The minimum absolute atomic E-state index is 0.267. The number of nitrogens with one attached hydrogen (secondary N) is 2. The number of amides is 2. The van der Waals surface area contributed by atoms with Gasteiger partial charge in [0.05, 0.1) is 11.8 Å². The Labute approximate surface area is 152 Å². The van der Waals surface area contributed by atoms with E-state index in [1.54, 1.807) is 18.5 Å². The molecule has 0 radical (unpaired) electrons. The van der Waals surface area contributed by atoms with Crippen LogP contribution in [0.1, 0.15) is 18.1 Å². The third-order valence-electron chi connectivity index (χ3n) is 4.21. The zero-order chi connectivity index (χ0) is 18.4. The lowest BCUT2D eigenvalue weighted by Crippen LogP contribution is -2.46. The zero-order valence-electron chi connectivity index (χ0n) is 14.7. The number of aromatic nitrogens is 1. The number of carbonyl (C=O) groups excluding carboxylic acids is 1. The van der Waals surface area contributed by atoms with Crippen LogP contribution in [0.15, 0.2) is 35.1 Å². The number of anilines is 2. The summed E-state index contributed by atoms with van der Waals surface area (Å²) in [6.45, 7) is 6.77. The summed E-state index contributed by atoms with van der Waals surface area (Å²) in [5, 5.41) is 14.2. The molecule has 0 aromatic carbocycles. The summed E-state index contributed by atoms with van der Waals surface area (Å²) < 4.78 is 5.39. The number of piperazine rings is 1. The molecule has 2 amide bonds. The van der Waals surface area contributed by atoms with Crippen LogP contribution in [0.3, 0.4) is 0 Å². The summed E-state index contributed by atoms with van der Waals surface area (Å²) >= 11 is 0. The van der Waals surface area contributed by atoms with Gasteiger partial charge < -0.3 is 14.6 Å². The van der Waals surface area contributed by atoms with E-state index in [2.05, 4.69) is 31.5 Å². The maximum absolute atomic E-state index is 11.5. The summed E-state index contributed by atoms with van der Waals surface area (Å²) in [5.74, 6) is 1.35. The van der Waals surface area contributed by atoms with Gasteiger partial charge >= 0.3 is 6.03 Å². The molecule has 8 heteroatoms. The molecule has 8 nitrogen and oxygen atoms in total. The Hall–Kier alpha value is -3.05. The Balaban J connectivity index is 1.48. The highest BCUT2D eigenvalue weighted by Gasteiger charge is 2.19. The van der Waals surface area contributed by atoms with Gasteiger partial charge in [0.2, 0.25) is 5.88 Å². The number of pyridine rings is 1. The first kappa shape index (κ1) is 17.8. The van der Waals surface area contributed by atoms with Gasteiger partial charge in [0.15, 0.2) is 0 Å². The van der Waals surface area contributed by atoms with Crippen molar-refractivity contribution < 1.29 is 9.21 Å². The van der Waals surface area contributed by atoms with Crippen LogP contribution in [0.5, 0.6) is 0 Å². The first-order chi connectivity index (χ1) is 12.7. The number of rotatable bonds is 5. The van der Waals surface area contributed by atoms with Crippen LogP contribution >= 0.6 is 0 Å². The molecule has 0 bridgehead atoms. The highest BCUT2D eigenvalue weighted by atomic mass is 16.3. The number of furan rings is 1. The third kappa shape index (κ3) is 4.52. The lowest BCUT2D eigenvalue weighted by molar-refractivity contribution is 0.248. The summed E-state index contributed by atoms with van der Waals surface area (Å²) in [6.07, 6.45) is 3.28. The fraction of sp³-hybridized carbons (Fsp3) is 0.389. The minimum Gasteiger partial charge on any atom is -0.448 e. The first-order valence-corrected chi connectivity index (χ1v) is 8.63. The van der Waals surface area contributed by atoms with Gasteiger partial charge in [-0.25, -0.2) is 9.78 Å². The van der Waals surface area contributed by atoms with Crippen molar-refractivity contribution in [1.82, 2.24) is 15.2 Å². The van der Waals surface area contributed by atoms with E-state index in [0.29, 0.717) is 18.0 Å². The van der Waals surface area contributed by atoms with Gasteiger partial charge in [-0.05, 0) is 19.1 Å². The number of carbonyl (C=O) groups is 1. The molecular weight excluding hydrogens is 332 g/mol. The largest absolute Gasteiger partial charge is 0.448 e. The molecule has 0 atom stereocenters. The van der Waals surface area contributed by atoms with Crippen molar-refractivity contribution in [1.29, 1.82) is 5.26 Å². The van der Waals surface area contributed by atoms with E-state index >= 15 is 0 Å². The van der Waals surface area contributed by atoms with Gasteiger partial charge in [-0.1, -0.05) is 0 Å². The topological polar surface area (TPSA) is 97.4 Å². The van der Waals surface area contributed by atoms with Crippen molar-refractivity contribution in [2.75, 3.05) is 42.9 Å². The van der Waals surface area contributed by atoms with E-state index in [0.717, 1.165) is 44.1 Å². The molecule has 26 heavy (non-hydrogen) atoms. The maximum Gasteiger partial charge on any atom is 0.321 e. The van der Waals surface area contributed by atoms with Gasteiger partial charge in [0.25, 0.3) is 0 Å². The van der Waals surface area contributed by atoms with Crippen LogP contribution in [0.2, 0.25) is 0 Å². The predicted octanol–water partition coefficient (Wildman–Crippen LogP) is 2.01. The van der Waals surface area contributed by atoms with E-state index in [-0.39, 0.29) is 6.03 Å². The van der Waals surface area contributed by atoms with Crippen molar-refractivity contribution in [3.05, 3.63) is 41.8 Å². The average molecular weight is 354 g/mol. The molecule has 0 saturated carbocycles. The number of nitrogens with zero attached hydrogens (tertiary/aromatic N) is 4. The summed E-state index contributed by atoms with van der Waals surface area (Å²) in [6, 6.07) is 7.36. The highest BCUT2D eigenvalue weighted by molar-refractivity contribution is 5.87. The van der Waals surface area contributed by atoms with Crippen LogP contribution < -0.4 is 15.5 Å². The fourth-order valence-electron chi connectivity index (χ4n) is 2.87. The van der Waals surface area contributed by atoms with E-state index < -0.39 is 0 Å². The van der Waals surface area contributed by atoms with Crippen molar-refractivity contribution in [3.8, 4) is 6.07 Å². The zero-order valence-corrected chi connectivity index (χ0v) is 14.7. The Morgan fingerprint density at radius 2 is 2.15 bits per heavy atom. The molecule has 2 N–H and O–H groups in total. The van der Waals surface area contributed by atoms with E-state index in [1.165, 1.54) is 0 Å². The molecular formula is C18H22N6O2. The van der Waals surface area contributed by atoms with Crippen LogP contribution in [0.4, 0.5) is 16.5 Å². The molecule has 136 valence electrons. The molecule has 0 unspecified atom stereocenters. The third-order valence-corrected chi connectivity index (χ3v) is 4.21. The van der Waals surface area contributed by atoms with Crippen LogP contribution in [0.25, 0.3) is 0 Å². The lowest BCUT2D eigenvalue weighted by Gasteiger charge is -2.35. The molecule has 1 aliphatic rings. The number of nitriles is 1. The Bertz CT molecular complexity index is 772. The van der Waals surface area contributed by atoms with Gasteiger partial charge in [0.1, 0.15) is 11.9 Å². The van der Waals surface area contributed by atoms with Gasteiger partial charge in [0, 0.05) is 57.1 Å². The smallest absolute Gasteiger partial charge is 0.321 e. The van der Waals surface area contributed by atoms with E-state index in [4.69, 9.17) is 9.68 Å². The SMILES string of the molecule is CCNC(=O)Nc1cc(CN2CCN(c3ccc(C#N)cn3)CC2)co1. The molecule has 1 aliphatic heterocycles. The molecule has 0 aliphatic carbocycles. The van der Waals surface area contributed by atoms with Gasteiger partial charge in [-0.2, -0.15) is 5.26 Å². The number of urea groups is 1. The average Bonchev–Trinajstić information content (AvgIpc) is 3.09. The predicted molar refractivity (Wildman–Crippen MR) is 97.8 cm³/mol. The first-order valence-electron chi connectivity index (χ1n) is 8.63. The van der Waals surface area contributed by atoms with E-state index in [1.807, 2.05) is 19.1 Å². The van der Waals surface area contributed by atoms with Crippen molar-refractivity contribution in [2.24, 2.45) is 0 Å². The Kier molecular flexibility index (Phi) is 5.71. The molecule has 2 aromatic rings. The molecule has 3 heterocycles. The summed E-state index contributed by atoms with van der Waals surface area (Å²) in [4.78, 5) is 20.4. The van der Waals surface area contributed by atoms with Gasteiger partial charge in [-0.3, -0.25) is 10.2 Å².